The number of hydrogen-bond donors (Lipinski definition) is 1. The van der Waals surface area contributed by atoms with Crippen LogP contribution in [0.3, 0.4) is 0 Å². The average molecular weight is 482 g/mol. The van der Waals surface area contributed by atoms with E-state index in [0.717, 1.165) is 25.2 Å². The van der Waals surface area contributed by atoms with Crippen molar-refractivity contribution < 1.29 is 19.1 Å². The van der Waals surface area contributed by atoms with Gasteiger partial charge in [-0.25, -0.2) is 4.79 Å². The molecule has 5 rings (SSSR count). The van der Waals surface area contributed by atoms with Crippen molar-refractivity contribution in [2.24, 2.45) is 11.8 Å². The summed E-state index contributed by atoms with van der Waals surface area (Å²) in [6.45, 7) is 0. The van der Waals surface area contributed by atoms with Crippen LogP contribution in [0.2, 0.25) is 0 Å². The van der Waals surface area contributed by atoms with E-state index in [4.69, 9.17) is 10.5 Å². The number of hydrogen-bond acceptors (Lipinski definition) is 5. The first-order valence-electron chi connectivity index (χ1n) is 11.0. The van der Waals surface area contributed by atoms with Crippen LogP contribution in [0.1, 0.15) is 87.1 Å². The Morgan fingerprint density at radius 2 is 1.58 bits per heavy atom. The van der Waals surface area contributed by atoms with Crippen LogP contribution in [-0.4, -0.2) is 23.6 Å². The standard InChI is InChI=1S/C25H24BrNO4/c26-19-12-18(25(30)31-15-10-9-13-5-1-2-6-14(13)11-15)22(27)21-20(19)23(28)16-7-3-4-8-17(16)24(21)29/h3-4,7-8,12-15H,1-2,5-6,9-11,27H2. The number of carbonyl (C=O) groups excluding carboxylic acids is 3. The van der Waals surface area contributed by atoms with E-state index in [1.807, 2.05) is 0 Å². The number of anilines is 1. The van der Waals surface area contributed by atoms with Crippen molar-refractivity contribution in [1.82, 2.24) is 0 Å². The molecule has 2 aromatic carbocycles. The molecule has 0 saturated heterocycles. The van der Waals surface area contributed by atoms with Gasteiger partial charge >= 0.3 is 5.97 Å². The molecule has 3 atom stereocenters. The number of fused-ring (bicyclic) bond motifs is 3. The van der Waals surface area contributed by atoms with Crippen LogP contribution in [0.4, 0.5) is 5.69 Å². The molecule has 0 spiro atoms. The second-order valence-electron chi connectivity index (χ2n) is 8.92. The summed E-state index contributed by atoms with van der Waals surface area (Å²) in [7, 11) is 0. The van der Waals surface area contributed by atoms with Gasteiger partial charge in [0.2, 0.25) is 0 Å². The number of ether oxygens (including phenoxy) is 1. The van der Waals surface area contributed by atoms with Gasteiger partial charge in [0, 0.05) is 15.6 Å². The molecule has 2 N–H and O–H groups in total. The second kappa shape index (κ2) is 7.90. The molecule has 3 unspecified atom stereocenters. The topological polar surface area (TPSA) is 86.5 Å². The Labute approximate surface area is 189 Å². The fourth-order valence-electron chi connectivity index (χ4n) is 5.59. The lowest BCUT2D eigenvalue weighted by Crippen LogP contribution is -2.33. The maximum atomic E-state index is 13.1. The van der Waals surface area contributed by atoms with Crippen LogP contribution < -0.4 is 5.73 Å². The molecule has 0 aliphatic heterocycles. The zero-order chi connectivity index (χ0) is 21.7. The third-order valence-corrected chi connectivity index (χ3v) is 7.80. The molecule has 0 amide bonds. The fraction of sp³-hybridized carbons (Fsp3) is 0.400. The van der Waals surface area contributed by atoms with Gasteiger partial charge in [-0.15, -0.1) is 0 Å². The number of halogens is 1. The summed E-state index contributed by atoms with van der Waals surface area (Å²) in [5, 5.41) is 0. The van der Waals surface area contributed by atoms with Crippen molar-refractivity contribution in [2.45, 2.75) is 51.0 Å². The molecule has 0 radical (unpaired) electrons. The summed E-state index contributed by atoms with van der Waals surface area (Å²) < 4.78 is 6.23. The van der Waals surface area contributed by atoms with Crippen molar-refractivity contribution in [2.75, 3.05) is 5.73 Å². The van der Waals surface area contributed by atoms with Gasteiger partial charge in [0.25, 0.3) is 0 Å². The first-order chi connectivity index (χ1) is 15.0. The third kappa shape index (κ3) is 3.41. The largest absolute Gasteiger partial charge is 0.459 e. The van der Waals surface area contributed by atoms with Crippen molar-refractivity contribution in [3.63, 3.8) is 0 Å². The molecule has 6 heteroatoms. The third-order valence-electron chi connectivity index (χ3n) is 7.18. The van der Waals surface area contributed by atoms with Crippen LogP contribution in [0.5, 0.6) is 0 Å². The molecule has 2 aromatic rings. The molecule has 2 saturated carbocycles. The number of nitrogens with two attached hydrogens (primary N) is 1. The number of nitrogen functional groups attached to an aromatic ring is 1. The van der Waals surface area contributed by atoms with Crippen molar-refractivity contribution in [3.05, 3.63) is 62.6 Å². The van der Waals surface area contributed by atoms with E-state index in [1.54, 1.807) is 24.3 Å². The van der Waals surface area contributed by atoms with Crippen LogP contribution in [0.25, 0.3) is 0 Å². The summed E-state index contributed by atoms with van der Waals surface area (Å²) in [5.41, 5.74) is 7.40. The first kappa shape index (κ1) is 20.4. The molecule has 31 heavy (non-hydrogen) atoms. The summed E-state index contributed by atoms with van der Waals surface area (Å²) in [6.07, 6.45) is 7.78. The molecule has 5 nitrogen and oxygen atoms in total. The highest BCUT2D eigenvalue weighted by atomic mass is 79.9. The van der Waals surface area contributed by atoms with Gasteiger partial charge in [0.05, 0.1) is 22.4 Å². The number of rotatable bonds is 2. The Hall–Kier alpha value is -2.47. The highest BCUT2D eigenvalue weighted by molar-refractivity contribution is 9.10. The Balaban J connectivity index is 1.44. The van der Waals surface area contributed by atoms with Crippen molar-refractivity contribution in [3.8, 4) is 0 Å². The van der Waals surface area contributed by atoms with E-state index in [9.17, 15) is 14.4 Å². The normalized spacial score (nSPS) is 24.7. The van der Waals surface area contributed by atoms with Gasteiger partial charge in [0.1, 0.15) is 6.10 Å². The summed E-state index contributed by atoms with van der Waals surface area (Å²) in [5.74, 6) is 0.235. The lowest BCUT2D eigenvalue weighted by atomic mass is 9.70. The summed E-state index contributed by atoms with van der Waals surface area (Å²) >= 11 is 3.39. The minimum Gasteiger partial charge on any atom is -0.459 e. The van der Waals surface area contributed by atoms with Crippen LogP contribution in [0, 0.1) is 11.8 Å². The highest BCUT2D eigenvalue weighted by Crippen LogP contribution is 2.42. The van der Waals surface area contributed by atoms with E-state index in [2.05, 4.69) is 15.9 Å². The van der Waals surface area contributed by atoms with Crippen LogP contribution >= 0.6 is 15.9 Å². The maximum Gasteiger partial charge on any atom is 0.340 e. The quantitative estimate of drug-likeness (QED) is 0.395. The van der Waals surface area contributed by atoms with Crippen LogP contribution in [0.15, 0.2) is 34.8 Å². The minimum absolute atomic E-state index is 0.0161. The zero-order valence-electron chi connectivity index (χ0n) is 17.2. The molecule has 160 valence electrons. The van der Waals surface area contributed by atoms with Gasteiger partial charge in [-0.1, -0.05) is 49.9 Å². The zero-order valence-corrected chi connectivity index (χ0v) is 18.7. The number of benzene rings is 2. The van der Waals surface area contributed by atoms with Gasteiger partial charge in [0.15, 0.2) is 11.6 Å². The fourth-order valence-corrected chi connectivity index (χ4v) is 6.20. The Morgan fingerprint density at radius 3 is 2.29 bits per heavy atom. The number of ketones is 2. The SMILES string of the molecule is Nc1c(C(=O)OC2CCC3CCCCC3C2)cc(Br)c2c1C(=O)c1ccccc1C2=O. The summed E-state index contributed by atoms with van der Waals surface area (Å²) in [4.78, 5) is 39.2. The van der Waals surface area contributed by atoms with E-state index >= 15 is 0 Å². The molecular formula is C25H24BrNO4. The second-order valence-corrected chi connectivity index (χ2v) is 9.77. The Bertz CT molecular complexity index is 1110. The van der Waals surface area contributed by atoms with Crippen LogP contribution in [-0.2, 0) is 4.74 Å². The van der Waals surface area contributed by atoms with E-state index in [1.165, 1.54) is 31.7 Å². The first-order valence-corrected chi connectivity index (χ1v) is 11.8. The van der Waals surface area contributed by atoms with Gasteiger partial charge in [-0.05, 0) is 53.1 Å². The summed E-state index contributed by atoms with van der Waals surface area (Å²) in [6, 6.07) is 8.19. The van der Waals surface area contributed by atoms with Gasteiger partial charge in [-0.3, -0.25) is 9.59 Å². The highest BCUT2D eigenvalue weighted by Gasteiger charge is 2.37. The molecule has 3 aliphatic carbocycles. The van der Waals surface area contributed by atoms with E-state index in [-0.39, 0.29) is 40.0 Å². The lowest BCUT2D eigenvalue weighted by molar-refractivity contribution is -0.000844. The van der Waals surface area contributed by atoms with E-state index in [0.29, 0.717) is 21.5 Å². The minimum atomic E-state index is -0.528. The molecule has 0 heterocycles. The number of carbonyl (C=O) groups is 3. The number of esters is 1. The predicted molar refractivity (Wildman–Crippen MR) is 120 cm³/mol. The molecule has 0 aromatic heterocycles. The molecule has 2 fully saturated rings. The van der Waals surface area contributed by atoms with Gasteiger partial charge in [-0.2, -0.15) is 0 Å². The average Bonchev–Trinajstić information content (AvgIpc) is 2.78. The monoisotopic (exact) mass is 481 g/mol. The van der Waals surface area contributed by atoms with Crippen molar-refractivity contribution >= 4 is 39.2 Å². The van der Waals surface area contributed by atoms with E-state index < -0.39 is 5.97 Å². The molecule has 3 aliphatic rings. The predicted octanol–water partition coefficient (Wildman–Crippen LogP) is 5.32. The smallest absolute Gasteiger partial charge is 0.340 e. The molecule has 0 bridgehead atoms. The molecular weight excluding hydrogens is 458 g/mol. The van der Waals surface area contributed by atoms with Gasteiger partial charge < -0.3 is 10.5 Å². The lowest BCUT2D eigenvalue weighted by Gasteiger charge is -2.38. The Kier molecular flexibility index (Phi) is 5.21. The Morgan fingerprint density at radius 1 is 0.935 bits per heavy atom. The maximum absolute atomic E-state index is 13.1. The van der Waals surface area contributed by atoms with Crippen molar-refractivity contribution in [1.29, 1.82) is 0 Å².